The number of hydrogen-bond donors (Lipinski definition) is 1. The second kappa shape index (κ2) is 4.01. The number of nitrogens with one attached hydrogen (secondary N) is 1. The van der Waals surface area contributed by atoms with Gasteiger partial charge in [-0.25, -0.2) is 0 Å². The van der Waals surface area contributed by atoms with Crippen molar-refractivity contribution < 1.29 is 30.6 Å². The molecule has 0 spiro atoms. The number of allylic oxidation sites excluding steroid dienone is 1. The van der Waals surface area contributed by atoms with Crippen molar-refractivity contribution in [3.8, 4) is 0 Å². The summed E-state index contributed by atoms with van der Waals surface area (Å²) < 4.78 is 62.2. The van der Waals surface area contributed by atoms with Gasteiger partial charge in [-0.05, 0) is 12.0 Å². The van der Waals surface area contributed by atoms with Crippen LogP contribution in [0.15, 0.2) is 23.1 Å². The zero-order valence-electron chi connectivity index (χ0n) is 8.87. The highest BCUT2D eigenvalue weighted by atomic mass is 32.2. The van der Waals surface area contributed by atoms with Crippen LogP contribution in [0.4, 0.5) is 13.2 Å². The molecule has 1 aliphatic carbocycles. The largest absolute Gasteiger partial charge is 0.534 e. The number of hydrogen-bond acceptors (Lipinski definition) is 5. The van der Waals surface area contributed by atoms with Gasteiger partial charge in [0.15, 0.2) is 11.5 Å². The zero-order chi connectivity index (χ0) is 13.6. The molecule has 0 atom stereocenters. The Balaban J connectivity index is 2.32. The lowest BCUT2D eigenvalue weighted by Crippen LogP contribution is -2.27. The van der Waals surface area contributed by atoms with E-state index in [9.17, 15) is 26.4 Å². The number of carbonyl (C=O) groups is 1. The minimum Gasteiger partial charge on any atom is -0.382 e. The Bertz CT molecular complexity index is 559. The van der Waals surface area contributed by atoms with Crippen LogP contribution in [0, 0.1) is 0 Å². The highest BCUT2D eigenvalue weighted by Crippen LogP contribution is 2.33. The standard InChI is InChI=1S/C9H8F3NO4S/c10-9(11,12)18(15,16)17-7-4-6(14)3-5-1-2-13-8(5)7/h4,13H,1-3H2. The first-order valence-electron chi connectivity index (χ1n) is 4.92. The molecule has 2 aliphatic rings. The SMILES string of the molecule is O=C1C=C(OS(=O)(=O)C(F)(F)F)C2=C(CCN2)C1. The van der Waals surface area contributed by atoms with Crippen molar-refractivity contribution >= 4 is 15.9 Å². The summed E-state index contributed by atoms with van der Waals surface area (Å²) >= 11 is 0. The molecule has 0 fully saturated rings. The molecule has 0 unspecified atom stereocenters. The van der Waals surface area contributed by atoms with Crippen LogP contribution in [0.2, 0.25) is 0 Å². The highest BCUT2D eigenvalue weighted by molar-refractivity contribution is 7.87. The van der Waals surface area contributed by atoms with Gasteiger partial charge in [0, 0.05) is 19.0 Å². The molecule has 9 heteroatoms. The number of ketones is 1. The monoisotopic (exact) mass is 283 g/mol. The Kier molecular flexibility index (Phi) is 2.88. The van der Waals surface area contributed by atoms with Gasteiger partial charge in [0.2, 0.25) is 0 Å². The van der Waals surface area contributed by atoms with Crippen LogP contribution in [0.1, 0.15) is 12.8 Å². The topological polar surface area (TPSA) is 72.5 Å². The summed E-state index contributed by atoms with van der Waals surface area (Å²) in [5, 5.41) is 2.71. The predicted octanol–water partition coefficient (Wildman–Crippen LogP) is 0.957. The van der Waals surface area contributed by atoms with Gasteiger partial charge in [0.1, 0.15) is 0 Å². The Morgan fingerprint density at radius 2 is 2.00 bits per heavy atom. The van der Waals surface area contributed by atoms with Crippen molar-refractivity contribution in [3.63, 3.8) is 0 Å². The Labute approximate surface area is 100 Å². The number of halogens is 3. The Morgan fingerprint density at radius 3 is 2.61 bits per heavy atom. The van der Waals surface area contributed by atoms with Gasteiger partial charge in [0.05, 0.1) is 5.70 Å². The van der Waals surface area contributed by atoms with E-state index in [-0.39, 0.29) is 12.1 Å². The molecule has 0 aromatic heterocycles. The summed E-state index contributed by atoms with van der Waals surface area (Å²) in [6, 6.07) is 0. The predicted molar refractivity (Wildman–Crippen MR) is 53.4 cm³/mol. The van der Waals surface area contributed by atoms with E-state index < -0.39 is 27.2 Å². The molecule has 1 heterocycles. The molecule has 1 aliphatic heterocycles. The molecule has 0 bridgehead atoms. The molecule has 2 rings (SSSR count). The van der Waals surface area contributed by atoms with E-state index in [2.05, 4.69) is 9.50 Å². The van der Waals surface area contributed by atoms with Crippen molar-refractivity contribution in [1.29, 1.82) is 0 Å². The summed E-state index contributed by atoms with van der Waals surface area (Å²) in [5.41, 5.74) is -4.79. The number of rotatable bonds is 2. The molecule has 0 radical (unpaired) electrons. The maximum absolute atomic E-state index is 12.2. The molecule has 100 valence electrons. The van der Waals surface area contributed by atoms with E-state index >= 15 is 0 Å². The minimum absolute atomic E-state index is 0.0707. The van der Waals surface area contributed by atoms with Gasteiger partial charge in [-0.3, -0.25) is 4.79 Å². The average Bonchev–Trinajstić information content (AvgIpc) is 2.62. The van der Waals surface area contributed by atoms with Crippen LogP contribution < -0.4 is 5.32 Å². The van der Waals surface area contributed by atoms with Gasteiger partial charge in [-0.1, -0.05) is 0 Å². The van der Waals surface area contributed by atoms with Crippen molar-refractivity contribution in [3.05, 3.63) is 23.1 Å². The number of alkyl halides is 3. The van der Waals surface area contributed by atoms with Gasteiger partial charge in [-0.2, -0.15) is 21.6 Å². The van der Waals surface area contributed by atoms with Gasteiger partial charge >= 0.3 is 15.6 Å². The van der Waals surface area contributed by atoms with Crippen LogP contribution >= 0.6 is 0 Å². The smallest absolute Gasteiger partial charge is 0.382 e. The lowest BCUT2D eigenvalue weighted by Gasteiger charge is -2.17. The quantitative estimate of drug-likeness (QED) is 0.603. The van der Waals surface area contributed by atoms with Crippen LogP contribution in [-0.4, -0.2) is 26.3 Å². The third-order valence-electron chi connectivity index (χ3n) is 2.49. The van der Waals surface area contributed by atoms with E-state index in [1.165, 1.54) is 0 Å². The van der Waals surface area contributed by atoms with Gasteiger partial charge in [0.25, 0.3) is 0 Å². The van der Waals surface area contributed by atoms with E-state index in [1.54, 1.807) is 0 Å². The van der Waals surface area contributed by atoms with Crippen LogP contribution in [0.3, 0.4) is 0 Å². The summed E-state index contributed by atoms with van der Waals surface area (Å²) in [6.07, 6.45) is 1.32. The third-order valence-corrected chi connectivity index (χ3v) is 3.46. The van der Waals surface area contributed by atoms with E-state index in [0.717, 1.165) is 6.08 Å². The number of carbonyl (C=O) groups excluding carboxylic acids is 1. The van der Waals surface area contributed by atoms with Crippen LogP contribution in [0.25, 0.3) is 0 Å². The fraction of sp³-hybridized carbons (Fsp3) is 0.444. The first kappa shape index (κ1) is 12.9. The summed E-state index contributed by atoms with van der Waals surface area (Å²) in [7, 11) is -5.75. The normalized spacial score (nSPS) is 20.4. The Morgan fingerprint density at radius 1 is 1.33 bits per heavy atom. The molecular weight excluding hydrogens is 275 g/mol. The van der Waals surface area contributed by atoms with Crippen molar-refractivity contribution in [1.82, 2.24) is 5.32 Å². The average molecular weight is 283 g/mol. The lowest BCUT2D eigenvalue weighted by molar-refractivity contribution is -0.114. The fourth-order valence-corrected chi connectivity index (χ4v) is 2.20. The van der Waals surface area contributed by atoms with Crippen molar-refractivity contribution in [2.45, 2.75) is 18.3 Å². The molecule has 0 aromatic rings. The maximum Gasteiger partial charge on any atom is 0.534 e. The first-order chi connectivity index (χ1) is 8.21. The molecule has 5 nitrogen and oxygen atoms in total. The highest BCUT2D eigenvalue weighted by Gasteiger charge is 2.49. The van der Waals surface area contributed by atoms with E-state index in [4.69, 9.17) is 0 Å². The van der Waals surface area contributed by atoms with Crippen molar-refractivity contribution in [2.24, 2.45) is 0 Å². The molecule has 0 saturated heterocycles. The zero-order valence-corrected chi connectivity index (χ0v) is 9.69. The van der Waals surface area contributed by atoms with Crippen LogP contribution in [-0.2, 0) is 19.1 Å². The van der Waals surface area contributed by atoms with E-state index in [0.29, 0.717) is 18.5 Å². The minimum atomic E-state index is -5.75. The van der Waals surface area contributed by atoms with Crippen molar-refractivity contribution in [2.75, 3.05) is 6.54 Å². The first-order valence-corrected chi connectivity index (χ1v) is 6.33. The third kappa shape index (κ3) is 2.22. The summed E-state index contributed by atoms with van der Waals surface area (Å²) in [5.74, 6) is -1.07. The summed E-state index contributed by atoms with van der Waals surface area (Å²) in [6.45, 7) is 0.435. The molecule has 0 saturated carbocycles. The Hall–Kier alpha value is -1.51. The maximum atomic E-state index is 12.2. The molecular formula is C9H8F3NO4S. The second-order valence-electron chi connectivity index (χ2n) is 3.79. The molecule has 0 amide bonds. The van der Waals surface area contributed by atoms with Crippen LogP contribution in [0.5, 0.6) is 0 Å². The van der Waals surface area contributed by atoms with Gasteiger partial charge < -0.3 is 9.50 Å². The second-order valence-corrected chi connectivity index (χ2v) is 5.33. The van der Waals surface area contributed by atoms with Gasteiger partial charge in [-0.15, -0.1) is 0 Å². The molecule has 0 aromatic carbocycles. The summed E-state index contributed by atoms with van der Waals surface area (Å²) in [4.78, 5) is 11.3. The van der Waals surface area contributed by atoms with E-state index in [1.807, 2.05) is 0 Å². The lowest BCUT2D eigenvalue weighted by atomic mass is 10.0. The molecule has 1 N–H and O–H groups in total. The fourth-order valence-electron chi connectivity index (χ4n) is 1.74. The molecule has 18 heavy (non-hydrogen) atoms.